The van der Waals surface area contributed by atoms with Crippen molar-refractivity contribution in [3.63, 3.8) is 0 Å². The molecule has 1 aliphatic rings. The number of nitrogens with one attached hydrogen (secondary N) is 1. The number of carbonyl (C=O) groups excluding carboxylic acids is 1. The van der Waals surface area contributed by atoms with Crippen LogP contribution in [0.3, 0.4) is 0 Å². The second-order valence-electron chi connectivity index (χ2n) is 6.40. The Morgan fingerprint density at radius 1 is 1.33 bits per heavy atom. The molecule has 4 nitrogen and oxygen atoms in total. The molecule has 0 saturated heterocycles. The smallest absolute Gasteiger partial charge is 0.237 e. The van der Waals surface area contributed by atoms with E-state index in [0.717, 1.165) is 24.8 Å². The predicted octanol–water partition coefficient (Wildman–Crippen LogP) is 1.44. The maximum absolute atomic E-state index is 12.5. The second kappa shape index (κ2) is 7.05. The fraction of sp³-hybridized carbons (Fsp3) is 0.588. The molecule has 1 aromatic carbocycles. The van der Waals surface area contributed by atoms with Gasteiger partial charge < -0.3 is 10.4 Å². The summed E-state index contributed by atoms with van der Waals surface area (Å²) in [4.78, 5) is 14.4. The van der Waals surface area contributed by atoms with Crippen molar-refractivity contribution in [1.82, 2.24) is 10.2 Å². The molecule has 1 saturated carbocycles. The maximum Gasteiger partial charge on any atom is 0.237 e. The van der Waals surface area contributed by atoms with Crippen molar-refractivity contribution in [2.24, 2.45) is 5.41 Å². The Bertz CT molecular complexity index is 450. The first kappa shape index (κ1) is 16.0. The van der Waals surface area contributed by atoms with Gasteiger partial charge in [-0.25, -0.2) is 0 Å². The standard InChI is InChI=1S/C17H26N2O2/c1-19(2)15(11-14-7-4-3-5-8-14)16(21)18-12-17(13-20)9-6-10-17/h3-5,7-8,15,20H,6,9-13H2,1-2H3,(H,18,21)/t15-/m0/s1. The number of hydrogen-bond donors (Lipinski definition) is 2. The number of nitrogens with zero attached hydrogens (tertiary/aromatic N) is 1. The molecule has 0 aliphatic heterocycles. The molecule has 1 aromatic rings. The Morgan fingerprint density at radius 2 is 2.00 bits per heavy atom. The fourth-order valence-electron chi connectivity index (χ4n) is 2.81. The molecule has 1 atom stereocenters. The van der Waals surface area contributed by atoms with Crippen LogP contribution in [-0.2, 0) is 11.2 Å². The van der Waals surface area contributed by atoms with Crippen molar-refractivity contribution < 1.29 is 9.90 Å². The Kier molecular flexibility index (Phi) is 5.37. The van der Waals surface area contributed by atoms with E-state index in [-0.39, 0.29) is 24.0 Å². The lowest BCUT2D eigenvalue weighted by Gasteiger charge is -2.40. The van der Waals surface area contributed by atoms with E-state index in [1.54, 1.807) is 0 Å². The molecular weight excluding hydrogens is 264 g/mol. The first-order valence-corrected chi connectivity index (χ1v) is 7.65. The lowest BCUT2D eigenvalue weighted by atomic mass is 9.69. The summed E-state index contributed by atoms with van der Waals surface area (Å²) in [6.07, 6.45) is 3.87. The summed E-state index contributed by atoms with van der Waals surface area (Å²) >= 11 is 0. The molecule has 0 bridgehead atoms. The van der Waals surface area contributed by atoms with Gasteiger partial charge in [0.05, 0.1) is 12.6 Å². The highest BCUT2D eigenvalue weighted by molar-refractivity contribution is 5.82. The van der Waals surface area contributed by atoms with Gasteiger partial charge in [0.15, 0.2) is 0 Å². The van der Waals surface area contributed by atoms with E-state index in [1.807, 2.05) is 49.3 Å². The van der Waals surface area contributed by atoms with Crippen LogP contribution in [0.1, 0.15) is 24.8 Å². The van der Waals surface area contributed by atoms with E-state index in [2.05, 4.69) is 5.32 Å². The summed E-state index contributed by atoms with van der Waals surface area (Å²) in [5.41, 5.74) is 1.09. The van der Waals surface area contributed by atoms with Gasteiger partial charge in [-0.15, -0.1) is 0 Å². The molecular formula is C17H26N2O2. The second-order valence-corrected chi connectivity index (χ2v) is 6.40. The number of benzene rings is 1. The van der Waals surface area contributed by atoms with Gasteiger partial charge >= 0.3 is 0 Å². The topological polar surface area (TPSA) is 52.6 Å². The summed E-state index contributed by atoms with van der Waals surface area (Å²) in [5, 5.41) is 12.5. The number of rotatable bonds is 7. The maximum atomic E-state index is 12.5. The minimum Gasteiger partial charge on any atom is -0.396 e. The highest BCUT2D eigenvalue weighted by Gasteiger charge is 2.37. The van der Waals surface area contributed by atoms with Gasteiger partial charge in [0, 0.05) is 12.0 Å². The lowest BCUT2D eigenvalue weighted by Crippen LogP contribution is -2.50. The van der Waals surface area contributed by atoms with E-state index >= 15 is 0 Å². The highest BCUT2D eigenvalue weighted by atomic mass is 16.3. The van der Waals surface area contributed by atoms with Crippen molar-refractivity contribution in [3.05, 3.63) is 35.9 Å². The van der Waals surface area contributed by atoms with E-state index in [9.17, 15) is 9.90 Å². The Morgan fingerprint density at radius 3 is 2.48 bits per heavy atom. The zero-order valence-electron chi connectivity index (χ0n) is 13.0. The lowest BCUT2D eigenvalue weighted by molar-refractivity contribution is -0.126. The molecule has 0 unspecified atom stereocenters. The molecule has 1 fully saturated rings. The minimum absolute atomic E-state index is 0.0450. The minimum atomic E-state index is -0.178. The zero-order chi connectivity index (χ0) is 15.3. The third kappa shape index (κ3) is 4.05. The molecule has 0 radical (unpaired) electrons. The highest BCUT2D eigenvalue weighted by Crippen LogP contribution is 2.39. The number of aliphatic hydroxyl groups is 1. The van der Waals surface area contributed by atoms with Crippen LogP contribution in [0.2, 0.25) is 0 Å². The Balaban J connectivity index is 1.93. The van der Waals surface area contributed by atoms with Crippen LogP contribution in [0.4, 0.5) is 0 Å². The average Bonchev–Trinajstić information content (AvgIpc) is 2.44. The van der Waals surface area contributed by atoms with Crippen LogP contribution in [0, 0.1) is 5.41 Å². The van der Waals surface area contributed by atoms with E-state index < -0.39 is 0 Å². The number of carbonyl (C=O) groups is 1. The van der Waals surface area contributed by atoms with Gasteiger partial charge in [-0.1, -0.05) is 36.8 Å². The van der Waals surface area contributed by atoms with Gasteiger partial charge in [0.2, 0.25) is 5.91 Å². The summed E-state index contributed by atoms with van der Waals surface area (Å²) in [6, 6.07) is 9.89. The Hall–Kier alpha value is -1.39. The van der Waals surface area contributed by atoms with Crippen molar-refractivity contribution in [3.8, 4) is 0 Å². The van der Waals surface area contributed by atoms with Gasteiger partial charge in [0.25, 0.3) is 0 Å². The third-order valence-electron chi connectivity index (χ3n) is 4.59. The molecule has 2 N–H and O–H groups in total. The summed E-state index contributed by atoms with van der Waals surface area (Å²) in [5.74, 6) is 0.0450. The van der Waals surface area contributed by atoms with Crippen LogP contribution >= 0.6 is 0 Å². The van der Waals surface area contributed by atoms with Crippen molar-refractivity contribution >= 4 is 5.91 Å². The van der Waals surface area contributed by atoms with Crippen molar-refractivity contribution in [1.29, 1.82) is 0 Å². The molecule has 0 spiro atoms. The van der Waals surface area contributed by atoms with Gasteiger partial charge in [-0.2, -0.15) is 0 Å². The molecule has 1 aliphatic carbocycles. The first-order valence-electron chi connectivity index (χ1n) is 7.65. The average molecular weight is 290 g/mol. The van der Waals surface area contributed by atoms with Crippen molar-refractivity contribution in [2.75, 3.05) is 27.2 Å². The van der Waals surface area contributed by atoms with Crippen LogP contribution in [0.25, 0.3) is 0 Å². The predicted molar refractivity (Wildman–Crippen MR) is 84.0 cm³/mol. The Labute approximate surface area is 127 Å². The van der Waals surface area contributed by atoms with E-state index in [4.69, 9.17) is 0 Å². The van der Waals surface area contributed by atoms with Crippen molar-refractivity contribution in [2.45, 2.75) is 31.7 Å². The van der Waals surface area contributed by atoms with Gasteiger partial charge in [0.1, 0.15) is 0 Å². The SMILES string of the molecule is CN(C)[C@@H](Cc1ccccc1)C(=O)NCC1(CO)CCC1. The molecule has 1 amide bonds. The van der Waals surface area contributed by atoms with Crippen LogP contribution in [0.15, 0.2) is 30.3 Å². The van der Waals surface area contributed by atoms with E-state index in [0.29, 0.717) is 13.0 Å². The number of amides is 1. The number of likely N-dealkylation sites (N-methyl/N-ethyl adjacent to an activating group) is 1. The summed E-state index contributed by atoms with van der Waals surface area (Å²) in [7, 11) is 3.86. The molecule has 116 valence electrons. The van der Waals surface area contributed by atoms with Crippen LogP contribution < -0.4 is 5.32 Å². The molecule has 0 heterocycles. The molecule has 4 heteroatoms. The summed E-state index contributed by atoms with van der Waals surface area (Å²) < 4.78 is 0. The molecule has 2 rings (SSSR count). The monoisotopic (exact) mass is 290 g/mol. The first-order chi connectivity index (χ1) is 10.1. The van der Waals surface area contributed by atoms with Crippen LogP contribution in [-0.4, -0.2) is 49.2 Å². The summed E-state index contributed by atoms with van der Waals surface area (Å²) in [6.45, 7) is 0.750. The zero-order valence-corrected chi connectivity index (χ0v) is 13.0. The molecule has 21 heavy (non-hydrogen) atoms. The fourth-order valence-corrected chi connectivity index (χ4v) is 2.81. The largest absolute Gasteiger partial charge is 0.396 e. The normalized spacial score (nSPS) is 18.1. The number of hydrogen-bond acceptors (Lipinski definition) is 3. The van der Waals surface area contributed by atoms with Crippen LogP contribution in [0.5, 0.6) is 0 Å². The number of aliphatic hydroxyl groups excluding tert-OH is 1. The van der Waals surface area contributed by atoms with Gasteiger partial charge in [-0.05, 0) is 38.9 Å². The third-order valence-corrected chi connectivity index (χ3v) is 4.59. The molecule has 0 aromatic heterocycles. The van der Waals surface area contributed by atoms with E-state index in [1.165, 1.54) is 0 Å². The van der Waals surface area contributed by atoms with Gasteiger partial charge in [-0.3, -0.25) is 9.69 Å². The quantitative estimate of drug-likeness (QED) is 0.799.